The van der Waals surface area contributed by atoms with E-state index >= 15 is 0 Å². The van der Waals surface area contributed by atoms with Gasteiger partial charge in [0.2, 0.25) is 0 Å². The van der Waals surface area contributed by atoms with Crippen molar-refractivity contribution in [2.75, 3.05) is 26.7 Å². The SMILES string of the molecule is CC(C)CN(C)CCCOc1ccccc1CN. The second-order valence-electron chi connectivity index (χ2n) is 5.17. The predicted octanol–water partition coefficient (Wildman–Crippen LogP) is 2.50. The number of nitrogens with two attached hydrogens (primary N) is 1. The molecule has 3 heteroatoms. The lowest BCUT2D eigenvalue weighted by molar-refractivity contribution is 0.246. The van der Waals surface area contributed by atoms with Crippen LogP contribution in [0.15, 0.2) is 24.3 Å². The minimum atomic E-state index is 0.531. The first-order valence-electron chi connectivity index (χ1n) is 6.72. The van der Waals surface area contributed by atoms with E-state index in [1.165, 1.54) is 0 Å². The van der Waals surface area contributed by atoms with Gasteiger partial charge < -0.3 is 15.4 Å². The van der Waals surface area contributed by atoms with Gasteiger partial charge in [0.15, 0.2) is 0 Å². The van der Waals surface area contributed by atoms with E-state index in [0.29, 0.717) is 12.5 Å². The molecule has 0 radical (unpaired) electrons. The van der Waals surface area contributed by atoms with E-state index in [9.17, 15) is 0 Å². The standard InChI is InChI=1S/C15H26N2O/c1-13(2)12-17(3)9-6-10-18-15-8-5-4-7-14(15)11-16/h4-5,7-8,13H,6,9-12,16H2,1-3H3. The molecule has 0 saturated carbocycles. The maximum Gasteiger partial charge on any atom is 0.123 e. The summed E-state index contributed by atoms with van der Waals surface area (Å²) in [6.45, 7) is 7.97. The van der Waals surface area contributed by atoms with Crippen LogP contribution in [0.25, 0.3) is 0 Å². The van der Waals surface area contributed by atoms with Crippen LogP contribution in [0.3, 0.4) is 0 Å². The average Bonchev–Trinajstić information content (AvgIpc) is 2.34. The van der Waals surface area contributed by atoms with Crippen molar-refractivity contribution in [1.29, 1.82) is 0 Å². The van der Waals surface area contributed by atoms with Gasteiger partial charge in [-0.05, 0) is 25.5 Å². The summed E-state index contributed by atoms with van der Waals surface area (Å²) >= 11 is 0. The molecule has 0 aliphatic rings. The Morgan fingerprint density at radius 3 is 2.67 bits per heavy atom. The van der Waals surface area contributed by atoms with E-state index in [1.54, 1.807) is 0 Å². The first-order valence-corrected chi connectivity index (χ1v) is 6.72. The third-order valence-corrected chi connectivity index (χ3v) is 2.81. The van der Waals surface area contributed by atoms with Crippen molar-refractivity contribution < 1.29 is 4.74 Å². The first-order chi connectivity index (χ1) is 8.63. The molecule has 3 nitrogen and oxygen atoms in total. The Bertz CT molecular complexity index is 339. The van der Waals surface area contributed by atoms with Crippen molar-refractivity contribution >= 4 is 0 Å². The van der Waals surface area contributed by atoms with Gasteiger partial charge in [-0.2, -0.15) is 0 Å². The summed E-state index contributed by atoms with van der Waals surface area (Å²) in [6, 6.07) is 7.98. The zero-order valence-electron chi connectivity index (χ0n) is 11.9. The van der Waals surface area contributed by atoms with Crippen LogP contribution >= 0.6 is 0 Å². The van der Waals surface area contributed by atoms with Crippen LogP contribution in [0.2, 0.25) is 0 Å². The molecule has 0 bridgehead atoms. The summed E-state index contributed by atoms with van der Waals surface area (Å²) in [5, 5.41) is 0. The first kappa shape index (κ1) is 15.0. The quantitative estimate of drug-likeness (QED) is 0.720. The second-order valence-corrected chi connectivity index (χ2v) is 5.17. The molecule has 0 aliphatic carbocycles. The molecule has 0 unspecified atom stereocenters. The molecule has 0 aliphatic heterocycles. The van der Waals surface area contributed by atoms with Gasteiger partial charge in [-0.1, -0.05) is 32.0 Å². The van der Waals surface area contributed by atoms with Crippen molar-refractivity contribution in [3.63, 3.8) is 0 Å². The number of hydrogen-bond donors (Lipinski definition) is 1. The maximum absolute atomic E-state index is 5.78. The summed E-state index contributed by atoms with van der Waals surface area (Å²) in [5.41, 5.74) is 6.75. The largest absolute Gasteiger partial charge is 0.493 e. The van der Waals surface area contributed by atoms with Crippen LogP contribution in [0.5, 0.6) is 5.75 Å². The summed E-state index contributed by atoms with van der Waals surface area (Å²) in [5.74, 6) is 1.64. The third-order valence-electron chi connectivity index (χ3n) is 2.81. The van der Waals surface area contributed by atoms with Crippen LogP contribution in [0.4, 0.5) is 0 Å². The van der Waals surface area contributed by atoms with E-state index in [2.05, 4.69) is 25.8 Å². The Labute approximate surface area is 111 Å². The summed E-state index contributed by atoms with van der Waals surface area (Å²) < 4.78 is 5.78. The zero-order chi connectivity index (χ0) is 13.4. The van der Waals surface area contributed by atoms with Crippen molar-refractivity contribution in [2.24, 2.45) is 11.7 Å². The number of para-hydroxylation sites is 1. The van der Waals surface area contributed by atoms with E-state index < -0.39 is 0 Å². The molecule has 0 amide bonds. The minimum absolute atomic E-state index is 0.531. The van der Waals surface area contributed by atoms with Crippen LogP contribution in [0.1, 0.15) is 25.8 Å². The van der Waals surface area contributed by atoms with Gasteiger partial charge in [0, 0.05) is 25.2 Å². The van der Waals surface area contributed by atoms with E-state index in [1.807, 2.05) is 24.3 Å². The number of benzene rings is 1. The summed E-state index contributed by atoms with van der Waals surface area (Å²) in [7, 11) is 2.16. The molecule has 1 aromatic carbocycles. The molecule has 0 saturated heterocycles. The molecule has 102 valence electrons. The molecule has 18 heavy (non-hydrogen) atoms. The van der Waals surface area contributed by atoms with Crippen molar-refractivity contribution in [3.05, 3.63) is 29.8 Å². The lowest BCUT2D eigenvalue weighted by Gasteiger charge is -2.19. The third kappa shape index (κ3) is 5.52. The summed E-state index contributed by atoms with van der Waals surface area (Å²) in [6.07, 6.45) is 1.04. The van der Waals surface area contributed by atoms with Gasteiger partial charge in [-0.15, -0.1) is 0 Å². The van der Waals surface area contributed by atoms with Crippen molar-refractivity contribution in [3.8, 4) is 5.75 Å². The van der Waals surface area contributed by atoms with Crippen LogP contribution < -0.4 is 10.5 Å². The van der Waals surface area contributed by atoms with Crippen molar-refractivity contribution in [2.45, 2.75) is 26.8 Å². The highest BCUT2D eigenvalue weighted by atomic mass is 16.5. The van der Waals surface area contributed by atoms with Gasteiger partial charge in [-0.25, -0.2) is 0 Å². The van der Waals surface area contributed by atoms with Gasteiger partial charge in [0.05, 0.1) is 6.61 Å². The highest BCUT2D eigenvalue weighted by Crippen LogP contribution is 2.17. The molecular formula is C15H26N2O. The molecule has 0 atom stereocenters. The topological polar surface area (TPSA) is 38.5 Å². The minimum Gasteiger partial charge on any atom is -0.493 e. The van der Waals surface area contributed by atoms with Gasteiger partial charge in [0.25, 0.3) is 0 Å². The number of rotatable bonds is 8. The molecule has 2 N–H and O–H groups in total. The Kier molecular flexibility index (Phi) is 6.76. The predicted molar refractivity (Wildman–Crippen MR) is 76.8 cm³/mol. The normalized spacial score (nSPS) is 11.2. The smallest absolute Gasteiger partial charge is 0.123 e. The Balaban J connectivity index is 2.25. The number of ether oxygens (including phenoxy) is 1. The fourth-order valence-electron chi connectivity index (χ4n) is 2.04. The average molecular weight is 250 g/mol. The Morgan fingerprint density at radius 1 is 1.28 bits per heavy atom. The zero-order valence-corrected chi connectivity index (χ0v) is 11.9. The fourth-order valence-corrected chi connectivity index (χ4v) is 2.04. The molecule has 1 aromatic rings. The lowest BCUT2D eigenvalue weighted by atomic mass is 10.2. The highest BCUT2D eigenvalue weighted by molar-refractivity contribution is 5.32. The summed E-state index contributed by atoms with van der Waals surface area (Å²) in [4.78, 5) is 2.35. The number of nitrogens with zero attached hydrogens (tertiary/aromatic N) is 1. The number of hydrogen-bond acceptors (Lipinski definition) is 3. The molecule has 0 spiro atoms. The van der Waals surface area contributed by atoms with E-state index in [-0.39, 0.29) is 0 Å². The molecule has 0 fully saturated rings. The monoisotopic (exact) mass is 250 g/mol. The van der Waals surface area contributed by atoms with Crippen LogP contribution in [-0.4, -0.2) is 31.6 Å². The van der Waals surface area contributed by atoms with Crippen molar-refractivity contribution in [1.82, 2.24) is 4.90 Å². The Hall–Kier alpha value is -1.06. The van der Waals surface area contributed by atoms with Crippen LogP contribution in [0, 0.1) is 5.92 Å². The highest BCUT2D eigenvalue weighted by Gasteiger charge is 2.03. The molecule has 0 heterocycles. The van der Waals surface area contributed by atoms with Gasteiger partial charge in [0.1, 0.15) is 5.75 Å². The van der Waals surface area contributed by atoms with Gasteiger partial charge in [-0.3, -0.25) is 0 Å². The molecular weight excluding hydrogens is 224 g/mol. The van der Waals surface area contributed by atoms with E-state index in [4.69, 9.17) is 10.5 Å². The second kappa shape index (κ2) is 8.11. The fraction of sp³-hybridized carbons (Fsp3) is 0.600. The van der Waals surface area contributed by atoms with E-state index in [0.717, 1.165) is 37.4 Å². The Morgan fingerprint density at radius 2 is 2.00 bits per heavy atom. The molecule has 1 rings (SSSR count). The van der Waals surface area contributed by atoms with Crippen LogP contribution in [-0.2, 0) is 6.54 Å². The lowest BCUT2D eigenvalue weighted by Crippen LogP contribution is -2.25. The molecule has 0 aromatic heterocycles. The maximum atomic E-state index is 5.78. The van der Waals surface area contributed by atoms with Gasteiger partial charge >= 0.3 is 0 Å².